The summed E-state index contributed by atoms with van der Waals surface area (Å²) in [5.41, 5.74) is 5.90. The number of benzene rings is 3. The summed E-state index contributed by atoms with van der Waals surface area (Å²) in [5.74, 6) is 40.0. The van der Waals surface area contributed by atoms with Gasteiger partial charge in [-0.15, -0.1) is 45.3 Å². The molecule has 6 nitrogen and oxygen atoms in total. The van der Waals surface area contributed by atoms with Crippen LogP contribution in [0, 0.1) is 71.0 Å². The molecule has 0 atom stereocenters. The Morgan fingerprint density at radius 3 is 1.01 bits per heavy atom. The molecule has 0 fully saturated rings. The summed E-state index contributed by atoms with van der Waals surface area (Å²) in [5, 5.41) is 0. The first-order chi connectivity index (χ1) is 37.3. The van der Waals surface area contributed by atoms with E-state index in [1.54, 1.807) is 24.3 Å². The fourth-order valence-corrected chi connectivity index (χ4v) is 9.71. The molecule has 374 valence electrons. The zero-order valence-corrected chi connectivity index (χ0v) is 45.3. The highest BCUT2D eigenvalue weighted by Crippen LogP contribution is 2.30. The number of rotatable bonds is 18. The summed E-state index contributed by atoms with van der Waals surface area (Å²) < 4.78 is 13.0. The molecule has 0 saturated carbocycles. The van der Waals surface area contributed by atoms with Gasteiger partial charge in [0.2, 0.25) is 0 Å². The van der Waals surface area contributed by atoms with Crippen LogP contribution in [0.2, 0.25) is 0 Å². The first-order valence-electron chi connectivity index (χ1n) is 24.7. The quantitative estimate of drug-likeness (QED) is 0.0483. The molecule has 0 aliphatic rings. The molecule has 10 heteroatoms. The van der Waals surface area contributed by atoms with E-state index in [0.29, 0.717) is 66.5 Å². The molecule has 0 N–H and O–H groups in total. The number of hydrogen-bond acceptors (Lipinski definition) is 10. The SMILES string of the molecule is CCCCCCOc1cc(C#Cc2ccc(C=C(C#Cc3ccc(C=O)s3)C#Cc3ccc(C=O)s3)cc2)c(OCCCCCC)cc1C#Cc1ccc(C=C(C#Cc2ccc(C=O)s2)C#Cc2ccc(C=O)s2)cc1. The summed E-state index contributed by atoms with van der Waals surface area (Å²) in [4.78, 5) is 50.5. The van der Waals surface area contributed by atoms with Crippen LogP contribution in [0.5, 0.6) is 11.5 Å². The van der Waals surface area contributed by atoms with E-state index in [1.807, 2.05) is 97.1 Å². The third kappa shape index (κ3) is 17.9. The van der Waals surface area contributed by atoms with Crippen LogP contribution in [0.3, 0.4) is 0 Å². The lowest BCUT2D eigenvalue weighted by Gasteiger charge is -2.14. The molecule has 0 aliphatic heterocycles. The van der Waals surface area contributed by atoms with Gasteiger partial charge < -0.3 is 9.47 Å². The second-order valence-electron chi connectivity index (χ2n) is 16.8. The van der Waals surface area contributed by atoms with Crippen LogP contribution in [0.25, 0.3) is 12.2 Å². The fourth-order valence-electron chi connectivity index (χ4n) is 7.01. The van der Waals surface area contributed by atoms with Gasteiger partial charge in [0, 0.05) is 23.3 Å². The van der Waals surface area contributed by atoms with Crippen molar-refractivity contribution in [3.8, 4) is 82.5 Å². The Hall–Kier alpha value is -8.42. The van der Waals surface area contributed by atoms with Crippen molar-refractivity contribution in [2.75, 3.05) is 13.2 Å². The van der Waals surface area contributed by atoms with Crippen LogP contribution in [0.1, 0.15) is 157 Å². The van der Waals surface area contributed by atoms with Crippen LogP contribution in [-0.2, 0) is 0 Å². The molecule has 0 radical (unpaired) electrons. The molecule has 0 saturated heterocycles. The molecule has 76 heavy (non-hydrogen) atoms. The van der Waals surface area contributed by atoms with E-state index >= 15 is 0 Å². The standard InChI is InChI=1S/C66H50O6S4/c1-3-5-7-9-39-71-65-43-56(26-20-50-13-17-52(18-14-50)42-54(23-29-59-33-37-63(47-69)75-59)24-30-60-34-38-64(48-70)76-60)66(72-40-10-8-6-4-2)44-55(65)25-19-49-11-15-51(16-12-49)41-53(21-27-57-31-35-61(45-67)73-57)22-28-58-32-36-62(46-68)74-58/h11-18,31-38,41-48H,3-10,39-40H2,1-2H3. The highest BCUT2D eigenvalue weighted by atomic mass is 32.1. The van der Waals surface area contributed by atoms with Crippen LogP contribution < -0.4 is 9.47 Å². The van der Waals surface area contributed by atoms with E-state index in [2.05, 4.69) is 84.9 Å². The molecule has 0 amide bonds. The van der Waals surface area contributed by atoms with E-state index in [4.69, 9.17) is 9.47 Å². The van der Waals surface area contributed by atoms with Crippen molar-refractivity contribution in [1.29, 1.82) is 0 Å². The Kier molecular flexibility index (Phi) is 21.9. The van der Waals surface area contributed by atoms with Crippen molar-refractivity contribution in [2.45, 2.75) is 65.2 Å². The first kappa shape index (κ1) is 55.3. The van der Waals surface area contributed by atoms with Gasteiger partial charge in [-0.05, 0) is 133 Å². The number of carbonyl (C=O) groups excluding carboxylic acids is 4. The molecule has 0 bridgehead atoms. The van der Waals surface area contributed by atoms with E-state index in [-0.39, 0.29) is 0 Å². The van der Waals surface area contributed by atoms with Crippen LogP contribution in [0.15, 0.2) is 120 Å². The number of unbranched alkanes of at least 4 members (excludes halogenated alkanes) is 6. The molecule has 7 rings (SSSR count). The predicted octanol–water partition coefficient (Wildman–Crippen LogP) is 14.9. The van der Waals surface area contributed by atoms with E-state index < -0.39 is 0 Å². The molecule has 0 aliphatic carbocycles. The monoisotopic (exact) mass is 1070 g/mol. The Bertz CT molecular complexity index is 3260. The van der Waals surface area contributed by atoms with Gasteiger partial charge in [-0.3, -0.25) is 19.2 Å². The zero-order chi connectivity index (χ0) is 53.2. The average Bonchev–Trinajstić information content (AvgIpc) is 4.31. The summed E-state index contributed by atoms with van der Waals surface area (Å²) in [6.07, 6.45) is 15.5. The summed E-state index contributed by atoms with van der Waals surface area (Å²) in [7, 11) is 0. The maximum absolute atomic E-state index is 11.3. The molecule has 4 aromatic heterocycles. The van der Waals surface area contributed by atoms with Crippen LogP contribution >= 0.6 is 45.3 Å². The minimum atomic E-state index is 0.537. The van der Waals surface area contributed by atoms with Crippen molar-refractivity contribution in [3.05, 3.63) is 193 Å². The highest BCUT2D eigenvalue weighted by molar-refractivity contribution is 7.15. The second kappa shape index (κ2) is 30.1. The lowest BCUT2D eigenvalue weighted by atomic mass is 10.1. The number of thiophene rings is 4. The maximum atomic E-state index is 11.3. The summed E-state index contributed by atoms with van der Waals surface area (Å²) in [6.45, 7) is 5.45. The topological polar surface area (TPSA) is 86.7 Å². The number of hydrogen-bond donors (Lipinski definition) is 0. The van der Waals surface area contributed by atoms with Crippen molar-refractivity contribution >= 4 is 82.6 Å². The van der Waals surface area contributed by atoms with Crippen molar-refractivity contribution < 1.29 is 28.7 Å². The average molecular weight is 1070 g/mol. The predicted molar refractivity (Wildman–Crippen MR) is 313 cm³/mol. The zero-order valence-electron chi connectivity index (χ0n) is 42.0. The molecule has 4 heterocycles. The minimum absolute atomic E-state index is 0.537. The summed E-state index contributed by atoms with van der Waals surface area (Å²) >= 11 is 5.27. The third-order valence-electron chi connectivity index (χ3n) is 11.0. The lowest BCUT2D eigenvalue weighted by molar-refractivity contribution is 0.111. The first-order valence-corrected chi connectivity index (χ1v) is 28.0. The van der Waals surface area contributed by atoms with Gasteiger partial charge in [-0.2, -0.15) is 0 Å². The molecular weight excluding hydrogens is 1020 g/mol. The van der Waals surface area contributed by atoms with Crippen LogP contribution in [0.4, 0.5) is 0 Å². The molecule has 0 unspecified atom stereocenters. The van der Waals surface area contributed by atoms with E-state index in [1.165, 1.54) is 45.3 Å². The van der Waals surface area contributed by atoms with Gasteiger partial charge in [-0.25, -0.2) is 0 Å². The molecular formula is C66H50O6S4. The van der Waals surface area contributed by atoms with Gasteiger partial charge in [0.05, 0.1) is 74.5 Å². The summed E-state index contributed by atoms with van der Waals surface area (Å²) in [6, 6.07) is 33.8. The van der Waals surface area contributed by atoms with Gasteiger partial charge in [0.15, 0.2) is 25.1 Å². The van der Waals surface area contributed by atoms with Gasteiger partial charge >= 0.3 is 0 Å². The van der Waals surface area contributed by atoms with Gasteiger partial charge in [-0.1, -0.05) is 124 Å². The van der Waals surface area contributed by atoms with Crippen molar-refractivity contribution in [2.24, 2.45) is 0 Å². The highest BCUT2D eigenvalue weighted by Gasteiger charge is 2.12. The Labute approximate surface area is 462 Å². The second-order valence-corrected chi connectivity index (χ2v) is 21.3. The number of allylic oxidation sites excluding steroid dienone is 2. The lowest BCUT2D eigenvalue weighted by Crippen LogP contribution is -2.03. The largest absolute Gasteiger partial charge is 0.492 e. The number of ether oxygens (including phenoxy) is 2. The Balaban J connectivity index is 1.18. The maximum Gasteiger partial charge on any atom is 0.160 e. The molecule has 7 aromatic rings. The Morgan fingerprint density at radius 1 is 0.395 bits per heavy atom. The van der Waals surface area contributed by atoms with E-state index in [9.17, 15) is 19.2 Å². The van der Waals surface area contributed by atoms with Gasteiger partial charge in [0.1, 0.15) is 11.5 Å². The fraction of sp³-hybridized carbons (Fsp3) is 0.182. The smallest absolute Gasteiger partial charge is 0.160 e. The van der Waals surface area contributed by atoms with Crippen LogP contribution in [-0.4, -0.2) is 38.4 Å². The normalized spacial score (nSPS) is 9.82. The Morgan fingerprint density at radius 2 is 0.724 bits per heavy atom. The molecule has 3 aromatic carbocycles. The van der Waals surface area contributed by atoms with Crippen molar-refractivity contribution in [3.63, 3.8) is 0 Å². The number of aldehydes is 4. The molecule has 0 spiro atoms. The van der Waals surface area contributed by atoms with E-state index in [0.717, 1.165) is 118 Å². The minimum Gasteiger partial charge on any atom is -0.492 e. The van der Waals surface area contributed by atoms with Crippen molar-refractivity contribution in [1.82, 2.24) is 0 Å². The van der Waals surface area contributed by atoms with Gasteiger partial charge in [0.25, 0.3) is 0 Å². The number of carbonyl (C=O) groups is 4. The third-order valence-corrected chi connectivity index (χ3v) is 14.7.